The van der Waals surface area contributed by atoms with Crippen molar-refractivity contribution in [1.29, 1.82) is 0 Å². The molecule has 0 heterocycles. The van der Waals surface area contributed by atoms with Gasteiger partial charge in [0.05, 0.1) is 5.69 Å². The predicted octanol–water partition coefficient (Wildman–Crippen LogP) is 3.02. The Balaban J connectivity index is 2.33. The van der Waals surface area contributed by atoms with E-state index < -0.39 is 5.82 Å². The highest BCUT2D eigenvalue weighted by atomic mass is 32.1. The number of aryl methyl sites for hydroxylation is 1. The van der Waals surface area contributed by atoms with Gasteiger partial charge in [-0.3, -0.25) is 4.79 Å². The van der Waals surface area contributed by atoms with Gasteiger partial charge in [-0.1, -0.05) is 30.4 Å². The van der Waals surface area contributed by atoms with Crippen molar-refractivity contribution in [3.63, 3.8) is 0 Å². The Bertz CT molecular complexity index is 685. The summed E-state index contributed by atoms with van der Waals surface area (Å²) in [5.74, 6) is -0.742. The molecule has 3 N–H and O–H groups in total. The first kappa shape index (κ1) is 14.1. The lowest BCUT2D eigenvalue weighted by Crippen LogP contribution is -2.18. The molecule has 102 valence electrons. The van der Waals surface area contributed by atoms with Crippen LogP contribution >= 0.6 is 12.2 Å². The van der Waals surface area contributed by atoms with E-state index in [9.17, 15) is 9.18 Å². The summed E-state index contributed by atoms with van der Waals surface area (Å²) in [7, 11) is 0. The molecule has 0 saturated heterocycles. The van der Waals surface area contributed by atoms with E-state index in [0.29, 0.717) is 16.8 Å². The lowest BCUT2D eigenvalue weighted by atomic mass is 10.1. The molecular formula is C15H13FN2OS. The Morgan fingerprint density at radius 1 is 1.20 bits per heavy atom. The van der Waals surface area contributed by atoms with Gasteiger partial charge in [-0.2, -0.15) is 0 Å². The molecule has 5 heteroatoms. The molecule has 0 fully saturated rings. The maximum Gasteiger partial charge on any atom is 0.255 e. The highest BCUT2D eigenvalue weighted by molar-refractivity contribution is 7.80. The van der Waals surface area contributed by atoms with Gasteiger partial charge >= 0.3 is 0 Å². The number of hydrogen-bond acceptors (Lipinski definition) is 2. The lowest BCUT2D eigenvalue weighted by molar-refractivity contribution is 0.102. The third kappa shape index (κ3) is 3.00. The third-order valence-electron chi connectivity index (χ3n) is 2.88. The molecule has 0 spiro atoms. The van der Waals surface area contributed by atoms with E-state index in [4.69, 9.17) is 18.0 Å². The van der Waals surface area contributed by atoms with Gasteiger partial charge in [0.25, 0.3) is 5.91 Å². The quantitative estimate of drug-likeness (QED) is 0.854. The SMILES string of the molecule is Cc1ccccc1C(=O)Nc1ccc(F)cc1C(N)=S. The third-order valence-corrected chi connectivity index (χ3v) is 3.10. The molecule has 0 aliphatic rings. The van der Waals surface area contributed by atoms with Gasteiger partial charge in [0.2, 0.25) is 0 Å². The summed E-state index contributed by atoms with van der Waals surface area (Å²) in [5.41, 5.74) is 7.64. The lowest BCUT2D eigenvalue weighted by Gasteiger charge is -2.11. The van der Waals surface area contributed by atoms with Crippen molar-refractivity contribution < 1.29 is 9.18 Å². The molecule has 0 aliphatic heterocycles. The zero-order valence-electron chi connectivity index (χ0n) is 10.8. The van der Waals surface area contributed by atoms with E-state index in [2.05, 4.69) is 5.32 Å². The summed E-state index contributed by atoms with van der Waals surface area (Å²) < 4.78 is 13.2. The number of anilines is 1. The van der Waals surface area contributed by atoms with Crippen LogP contribution in [0.5, 0.6) is 0 Å². The van der Waals surface area contributed by atoms with Crippen LogP contribution in [0.2, 0.25) is 0 Å². The molecule has 0 saturated carbocycles. The second kappa shape index (κ2) is 5.79. The average Bonchev–Trinajstić information content (AvgIpc) is 2.41. The number of amides is 1. The first-order chi connectivity index (χ1) is 9.49. The van der Waals surface area contributed by atoms with Crippen LogP contribution in [-0.2, 0) is 0 Å². The van der Waals surface area contributed by atoms with E-state index in [1.165, 1.54) is 18.2 Å². The average molecular weight is 288 g/mol. The van der Waals surface area contributed by atoms with Crippen LogP contribution < -0.4 is 11.1 Å². The highest BCUT2D eigenvalue weighted by Gasteiger charge is 2.12. The van der Waals surface area contributed by atoms with Crippen molar-refractivity contribution in [2.45, 2.75) is 6.92 Å². The van der Waals surface area contributed by atoms with Gasteiger partial charge in [-0.05, 0) is 36.8 Å². The van der Waals surface area contributed by atoms with Crippen LogP contribution in [0.15, 0.2) is 42.5 Å². The number of carbonyl (C=O) groups excluding carboxylic acids is 1. The minimum atomic E-state index is -0.457. The van der Waals surface area contributed by atoms with Crippen LogP contribution in [0.25, 0.3) is 0 Å². The summed E-state index contributed by atoms with van der Waals surface area (Å²) in [4.78, 5) is 12.2. The smallest absolute Gasteiger partial charge is 0.255 e. The largest absolute Gasteiger partial charge is 0.389 e. The normalized spacial score (nSPS) is 10.1. The number of hydrogen-bond donors (Lipinski definition) is 2. The first-order valence-corrected chi connectivity index (χ1v) is 6.36. The number of halogens is 1. The van der Waals surface area contributed by atoms with E-state index in [1.807, 2.05) is 19.1 Å². The summed E-state index contributed by atoms with van der Waals surface area (Å²) in [6.07, 6.45) is 0. The molecule has 2 rings (SSSR count). The van der Waals surface area contributed by atoms with Gasteiger partial charge < -0.3 is 11.1 Å². The van der Waals surface area contributed by atoms with Gasteiger partial charge in [-0.15, -0.1) is 0 Å². The Morgan fingerprint density at radius 3 is 2.55 bits per heavy atom. The minimum Gasteiger partial charge on any atom is -0.389 e. The molecule has 0 bridgehead atoms. The van der Waals surface area contributed by atoms with Crippen LogP contribution in [0, 0.1) is 12.7 Å². The maximum atomic E-state index is 13.2. The number of thiocarbonyl (C=S) groups is 1. The van der Waals surface area contributed by atoms with Crippen molar-refractivity contribution in [3.05, 3.63) is 65.0 Å². The number of carbonyl (C=O) groups is 1. The van der Waals surface area contributed by atoms with E-state index in [1.54, 1.807) is 12.1 Å². The molecule has 2 aromatic carbocycles. The van der Waals surface area contributed by atoms with Crippen molar-refractivity contribution in [2.24, 2.45) is 5.73 Å². The number of nitrogens with two attached hydrogens (primary N) is 1. The van der Waals surface area contributed by atoms with Gasteiger partial charge in [0, 0.05) is 11.1 Å². The van der Waals surface area contributed by atoms with Crippen LogP contribution in [0.4, 0.5) is 10.1 Å². The molecule has 1 amide bonds. The molecule has 0 unspecified atom stereocenters. The fourth-order valence-corrected chi connectivity index (χ4v) is 2.02. The van der Waals surface area contributed by atoms with Gasteiger partial charge in [-0.25, -0.2) is 4.39 Å². The monoisotopic (exact) mass is 288 g/mol. The first-order valence-electron chi connectivity index (χ1n) is 5.95. The van der Waals surface area contributed by atoms with Crippen molar-refractivity contribution in [3.8, 4) is 0 Å². The van der Waals surface area contributed by atoms with E-state index in [0.717, 1.165) is 5.56 Å². The van der Waals surface area contributed by atoms with Crippen molar-refractivity contribution in [1.82, 2.24) is 0 Å². The summed E-state index contributed by atoms with van der Waals surface area (Å²) in [6, 6.07) is 11.1. The Labute approximate surface area is 121 Å². The standard InChI is InChI=1S/C15H13FN2OS/c1-9-4-2-3-5-11(9)15(19)18-13-7-6-10(16)8-12(13)14(17)20/h2-8H,1H3,(H2,17,20)(H,18,19). The fraction of sp³-hybridized carbons (Fsp3) is 0.0667. The Hall–Kier alpha value is -2.27. The number of rotatable bonds is 3. The van der Waals surface area contributed by atoms with Crippen molar-refractivity contribution >= 4 is 28.8 Å². The fourth-order valence-electron chi connectivity index (χ4n) is 1.85. The highest BCUT2D eigenvalue weighted by Crippen LogP contribution is 2.19. The van der Waals surface area contributed by atoms with Crippen molar-refractivity contribution in [2.75, 3.05) is 5.32 Å². The predicted molar refractivity (Wildman–Crippen MR) is 81.4 cm³/mol. The molecule has 0 atom stereocenters. The van der Waals surface area contributed by atoms with Gasteiger partial charge in [0.1, 0.15) is 10.8 Å². The van der Waals surface area contributed by atoms with Crippen LogP contribution in [0.1, 0.15) is 21.5 Å². The zero-order chi connectivity index (χ0) is 14.7. The summed E-state index contributed by atoms with van der Waals surface area (Å²) >= 11 is 4.86. The molecule has 0 aromatic heterocycles. The van der Waals surface area contributed by atoms with E-state index >= 15 is 0 Å². The Kier molecular flexibility index (Phi) is 4.10. The topological polar surface area (TPSA) is 55.1 Å². The molecule has 0 radical (unpaired) electrons. The zero-order valence-corrected chi connectivity index (χ0v) is 11.6. The minimum absolute atomic E-state index is 0.0320. The molecule has 2 aromatic rings. The maximum absolute atomic E-state index is 13.2. The van der Waals surface area contributed by atoms with Crippen LogP contribution in [0.3, 0.4) is 0 Å². The number of benzene rings is 2. The Morgan fingerprint density at radius 2 is 1.90 bits per heavy atom. The van der Waals surface area contributed by atoms with Crippen LogP contribution in [-0.4, -0.2) is 10.9 Å². The second-order valence-electron chi connectivity index (χ2n) is 4.32. The molecule has 3 nitrogen and oxygen atoms in total. The second-order valence-corrected chi connectivity index (χ2v) is 4.76. The number of nitrogens with one attached hydrogen (secondary N) is 1. The van der Waals surface area contributed by atoms with E-state index in [-0.39, 0.29) is 10.9 Å². The summed E-state index contributed by atoms with van der Waals surface area (Å²) in [6.45, 7) is 1.84. The molecule has 20 heavy (non-hydrogen) atoms. The summed E-state index contributed by atoms with van der Waals surface area (Å²) in [5, 5.41) is 2.70. The van der Waals surface area contributed by atoms with Gasteiger partial charge in [0.15, 0.2) is 0 Å². The molecular weight excluding hydrogens is 275 g/mol. The molecule has 0 aliphatic carbocycles.